The summed E-state index contributed by atoms with van der Waals surface area (Å²) in [6.45, 7) is 1.81. The Bertz CT molecular complexity index is 331. The largest absolute Gasteiger partial charge is 0.385 e. The summed E-state index contributed by atoms with van der Waals surface area (Å²) in [5, 5.41) is 0.879. The van der Waals surface area contributed by atoms with Gasteiger partial charge in [0.05, 0.1) is 0 Å². The van der Waals surface area contributed by atoms with Gasteiger partial charge in [-0.3, -0.25) is 0 Å². The van der Waals surface area contributed by atoms with Crippen molar-refractivity contribution in [1.82, 2.24) is 0 Å². The Morgan fingerprint density at radius 2 is 2.12 bits per heavy atom. The first kappa shape index (κ1) is 14.0. The molecule has 0 saturated heterocycles. The molecule has 0 aliphatic rings. The summed E-state index contributed by atoms with van der Waals surface area (Å²) in [6.07, 6.45) is 1.04. The number of halogens is 2. The lowest BCUT2D eigenvalue weighted by molar-refractivity contribution is 0.196. The summed E-state index contributed by atoms with van der Waals surface area (Å²) in [4.78, 5) is 2.26. The maximum Gasteiger partial charge on any atom is 0.0479 e. The lowest BCUT2D eigenvalue weighted by Gasteiger charge is -2.22. The molecule has 2 nitrogen and oxygen atoms in total. The Hall–Kier alpha value is -0.0600. The van der Waals surface area contributed by atoms with Crippen LogP contribution in [0.2, 0.25) is 0 Å². The van der Waals surface area contributed by atoms with Crippen molar-refractivity contribution < 1.29 is 4.74 Å². The molecule has 0 N–H and O–H groups in total. The van der Waals surface area contributed by atoms with E-state index < -0.39 is 0 Å². The number of benzene rings is 1. The predicted octanol–water partition coefficient (Wildman–Crippen LogP) is 3.82. The Morgan fingerprint density at radius 1 is 1.38 bits per heavy atom. The van der Waals surface area contributed by atoms with Crippen molar-refractivity contribution in [2.75, 3.05) is 32.2 Å². The number of ether oxygens (including phenoxy) is 1. The zero-order valence-electron chi connectivity index (χ0n) is 9.67. The monoisotopic (exact) mass is 349 g/mol. The van der Waals surface area contributed by atoms with Gasteiger partial charge in [0.15, 0.2) is 0 Å². The summed E-state index contributed by atoms with van der Waals surface area (Å²) >= 11 is 7.03. The Balaban J connectivity index is 2.72. The Morgan fingerprint density at radius 3 is 2.75 bits per heavy atom. The van der Waals surface area contributed by atoms with E-state index in [0.29, 0.717) is 0 Å². The molecule has 0 heterocycles. The van der Waals surface area contributed by atoms with Crippen LogP contribution in [0.5, 0.6) is 0 Å². The number of alkyl halides is 1. The molecular formula is C12H17Br2NO. The van der Waals surface area contributed by atoms with E-state index in [0.717, 1.165) is 29.4 Å². The number of methoxy groups -OCH3 is 1. The van der Waals surface area contributed by atoms with Crippen molar-refractivity contribution >= 4 is 37.5 Å². The molecule has 0 saturated carbocycles. The van der Waals surface area contributed by atoms with Gasteiger partial charge in [-0.1, -0.05) is 37.9 Å². The fourth-order valence-corrected chi connectivity index (χ4v) is 2.40. The summed E-state index contributed by atoms with van der Waals surface area (Å²) < 4.78 is 6.18. The Kier molecular flexibility index (Phi) is 6.39. The first-order valence-electron chi connectivity index (χ1n) is 5.23. The number of nitrogens with zero attached hydrogens (tertiary/aromatic N) is 1. The number of hydrogen-bond acceptors (Lipinski definition) is 2. The number of rotatable bonds is 6. The van der Waals surface area contributed by atoms with Crippen LogP contribution in [0.25, 0.3) is 0 Å². The molecule has 0 amide bonds. The van der Waals surface area contributed by atoms with Gasteiger partial charge in [-0.15, -0.1) is 0 Å². The molecule has 4 heteroatoms. The van der Waals surface area contributed by atoms with E-state index in [4.69, 9.17) is 4.74 Å². The second kappa shape index (κ2) is 7.30. The molecule has 0 unspecified atom stereocenters. The van der Waals surface area contributed by atoms with E-state index in [1.807, 2.05) is 0 Å². The molecule has 90 valence electrons. The fraction of sp³-hybridized carbons (Fsp3) is 0.500. The van der Waals surface area contributed by atoms with Gasteiger partial charge in [-0.2, -0.15) is 0 Å². The highest BCUT2D eigenvalue weighted by atomic mass is 79.9. The molecule has 16 heavy (non-hydrogen) atoms. The summed E-state index contributed by atoms with van der Waals surface area (Å²) in [5.74, 6) is 0. The van der Waals surface area contributed by atoms with Crippen LogP contribution in [-0.2, 0) is 10.1 Å². The van der Waals surface area contributed by atoms with E-state index in [-0.39, 0.29) is 0 Å². The zero-order chi connectivity index (χ0) is 12.0. The normalized spacial score (nSPS) is 10.5. The molecule has 1 aromatic rings. The van der Waals surface area contributed by atoms with Gasteiger partial charge in [0.2, 0.25) is 0 Å². The van der Waals surface area contributed by atoms with E-state index in [1.165, 1.54) is 11.3 Å². The van der Waals surface area contributed by atoms with E-state index >= 15 is 0 Å². The van der Waals surface area contributed by atoms with Crippen LogP contribution >= 0.6 is 31.9 Å². The first-order chi connectivity index (χ1) is 7.69. The van der Waals surface area contributed by atoms with Crippen molar-refractivity contribution in [3.05, 3.63) is 28.2 Å². The highest BCUT2D eigenvalue weighted by Crippen LogP contribution is 2.26. The minimum absolute atomic E-state index is 0.808. The standard InChI is InChI=1S/C12H17Br2NO/c1-15(6-3-7-16-2)12-8-11(14)5-4-10(12)9-13/h4-5,8H,3,6-7,9H2,1-2H3. The van der Waals surface area contributed by atoms with Crippen LogP contribution in [0.15, 0.2) is 22.7 Å². The summed E-state index contributed by atoms with van der Waals surface area (Å²) in [6, 6.07) is 6.37. The maximum atomic E-state index is 5.06. The topological polar surface area (TPSA) is 12.5 Å². The summed E-state index contributed by atoms with van der Waals surface area (Å²) in [5.41, 5.74) is 2.57. The van der Waals surface area contributed by atoms with E-state index in [2.05, 4.69) is 62.0 Å². The fourth-order valence-electron chi connectivity index (χ4n) is 1.57. The van der Waals surface area contributed by atoms with Crippen molar-refractivity contribution in [2.45, 2.75) is 11.8 Å². The second-order valence-electron chi connectivity index (χ2n) is 3.67. The van der Waals surface area contributed by atoms with Gasteiger partial charge < -0.3 is 9.64 Å². The molecule has 1 aromatic carbocycles. The molecule has 0 atom stereocenters. The maximum absolute atomic E-state index is 5.06. The third-order valence-corrected chi connectivity index (χ3v) is 3.54. The second-order valence-corrected chi connectivity index (χ2v) is 5.15. The minimum atomic E-state index is 0.808. The zero-order valence-corrected chi connectivity index (χ0v) is 12.8. The average Bonchev–Trinajstić information content (AvgIpc) is 2.29. The van der Waals surface area contributed by atoms with Gasteiger partial charge in [-0.05, 0) is 24.1 Å². The van der Waals surface area contributed by atoms with Gasteiger partial charge in [0.25, 0.3) is 0 Å². The van der Waals surface area contributed by atoms with Crippen LogP contribution in [0.4, 0.5) is 5.69 Å². The molecular weight excluding hydrogens is 334 g/mol. The Labute approximate surface area is 114 Å². The molecule has 0 aromatic heterocycles. The predicted molar refractivity (Wildman–Crippen MR) is 76.5 cm³/mol. The molecule has 0 fully saturated rings. The third kappa shape index (κ3) is 4.07. The molecule has 0 aliphatic heterocycles. The van der Waals surface area contributed by atoms with Crippen molar-refractivity contribution in [3.8, 4) is 0 Å². The van der Waals surface area contributed by atoms with Crippen molar-refractivity contribution in [3.63, 3.8) is 0 Å². The van der Waals surface area contributed by atoms with E-state index in [9.17, 15) is 0 Å². The molecule has 0 bridgehead atoms. The molecule has 0 radical (unpaired) electrons. The SMILES string of the molecule is COCCCN(C)c1cc(Br)ccc1CBr. The smallest absolute Gasteiger partial charge is 0.0479 e. The molecule has 1 rings (SSSR count). The minimum Gasteiger partial charge on any atom is -0.385 e. The number of anilines is 1. The molecule has 0 aliphatic carbocycles. The van der Waals surface area contributed by atoms with Gasteiger partial charge in [-0.25, -0.2) is 0 Å². The molecule has 0 spiro atoms. The summed E-state index contributed by atoms with van der Waals surface area (Å²) in [7, 11) is 3.85. The van der Waals surface area contributed by atoms with Crippen molar-refractivity contribution in [2.24, 2.45) is 0 Å². The van der Waals surface area contributed by atoms with Gasteiger partial charge >= 0.3 is 0 Å². The lowest BCUT2D eigenvalue weighted by Crippen LogP contribution is -2.20. The highest BCUT2D eigenvalue weighted by molar-refractivity contribution is 9.10. The van der Waals surface area contributed by atoms with Gasteiger partial charge in [0.1, 0.15) is 0 Å². The lowest BCUT2D eigenvalue weighted by atomic mass is 10.2. The van der Waals surface area contributed by atoms with E-state index in [1.54, 1.807) is 7.11 Å². The van der Waals surface area contributed by atoms with Crippen LogP contribution in [0, 0.1) is 0 Å². The first-order valence-corrected chi connectivity index (χ1v) is 7.15. The van der Waals surface area contributed by atoms with Crippen LogP contribution < -0.4 is 4.90 Å². The van der Waals surface area contributed by atoms with Gasteiger partial charge in [0, 0.05) is 42.8 Å². The van der Waals surface area contributed by atoms with Crippen molar-refractivity contribution in [1.29, 1.82) is 0 Å². The van der Waals surface area contributed by atoms with Crippen LogP contribution in [0.1, 0.15) is 12.0 Å². The highest BCUT2D eigenvalue weighted by Gasteiger charge is 2.07. The third-order valence-electron chi connectivity index (χ3n) is 2.44. The van der Waals surface area contributed by atoms with Crippen LogP contribution in [0.3, 0.4) is 0 Å². The quantitative estimate of drug-likeness (QED) is 0.571. The number of hydrogen-bond donors (Lipinski definition) is 0. The van der Waals surface area contributed by atoms with Crippen LogP contribution in [-0.4, -0.2) is 27.3 Å². The average molecular weight is 351 g/mol.